The van der Waals surface area contributed by atoms with Crippen LogP contribution in [-0.4, -0.2) is 9.13 Å². The van der Waals surface area contributed by atoms with E-state index in [1.165, 1.54) is 0 Å². The zero-order valence-electron chi connectivity index (χ0n) is 28.0. The molecule has 0 amide bonds. The van der Waals surface area contributed by atoms with Gasteiger partial charge in [0.25, 0.3) is 0 Å². The summed E-state index contributed by atoms with van der Waals surface area (Å²) < 4.78 is 4.33. The number of para-hydroxylation sites is 1. The minimum Gasteiger partial charge on any atom is -0.318 e. The Morgan fingerprint density at radius 1 is 0.462 bits per heavy atom. The van der Waals surface area contributed by atoms with Crippen LogP contribution < -0.4 is 0 Å². The molecule has 8 aromatic carbocycles. The monoisotopic (exact) mass is 660 g/mol. The van der Waals surface area contributed by atoms with Crippen molar-refractivity contribution in [3.8, 4) is 39.7 Å². The Hall–Kier alpha value is -7.40. The average Bonchev–Trinajstić information content (AvgIpc) is 3.73. The Morgan fingerprint density at radius 3 is 1.73 bits per heavy atom. The van der Waals surface area contributed by atoms with Gasteiger partial charge >= 0.3 is 0 Å². The molecule has 0 fully saturated rings. The van der Waals surface area contributed by atoms with Crippen LogP contribution in [-0.2, 0) is 0 Å². The first kappa shape index (κ1) is 29.5. The van der Waals surface area contributed by atoms with Crippen molar-refractivity contribution in [2.24, 2.45) is 0 Å². The lowest BCUT2D eigenvalue weighted by Gasteiger charge is -2.17. The van der Waals surface area contributed by atoms with Crippen LogP contribution in [0.4, 0.5) is 5.69 Å². The van der Waals surface area contributed by atoms with E-state index in [1.54, 1.807) is 0 Å². The molecule has 10 aromatic rings. The molecule has 4 nitrogen and oxygen atoms in total. The molecule has 0 saturated carbocycles. The van der Waals surface area contributed by atoms with Crippen LogP contribution in [0.25, 0.3) is 92.9 Å². The Labute approximate surface area is 300 Å². The fraction of sp³-hybridized carbons (Fsp3) is 0. The van der Waals surface area contributed by atoms with Crippen molar-refractivity contribution in [3.63, 3.8) is 0 Å². The Morgan fingerprint density at radius 2 is 1.04 bits per heavy atom. The molecule has 2 heterocycles. The summed E-state index contributed by atoms with van der Waals surface area (Å²) in [5.74, 6) is 0. The van der Waals surface area contributed by atoms with Crippen molar-refractivity contribution in [1.29, 1.82) is 5.26 Å². The van der Waals surface area contributed by atoms with Crippen LogP contribution in [0.3, 0.4) is 0 Å². The molecule has 0 saturated heterocycles. The topological polar surface area (TPSA) is 38.0 Å². The average molecular weight is 661 g/mol. The third-order valence-electron chi connectivity index (χ3n) is 10.4. The van der Waals surface area contributed by atoms with Gasteiger partial charge in [-0.1, -0.05) is 127 Å². The molecule has 4 heteroatoms. The fourth-order valence-electron chi connectivity index (χ4n) is 8.07. The van der Waals surface area contributed by atoms with Gasteiger partial charge in [-0.05, 0) is 75.5 Å². The number of aromatic nitrogens is 2. The summed E-state index contributed by atoms with van der Waals surface area (Å²) >= 11 is 0. The first-order valence-electron chi connectivity index (χ1n) is 17.3. The van der Waals surface area contributed by atoms with E-state index in [0.29, 0.717) is 16.9 Å². The zero-order valence-corrected chi connectivity index (χ0v) is 28.0. The summed E-state index contributed by atoms with van der Waals surface area (Å²) in [6.07, 6.45) is 0. The van der Waals surface area contributed by atoms with Gasteiger partial charge in [-0.15, -0.1) is 0 Å². The Kier molecular flexibility index (Phi) is 6.58. The molecule has 0 radical (unpaired) electrons. The number of nitriles is 1. The minimum absolute atomic E-state index is 0.424. The first-order chi connectivity index (χ1) is 25.7. The third-order valence-corrected chi connectivity index (χ3v) is 10.4. The van der Waals surface area contributed by atoms with Gasteiger partial charge in [0.05, 0.1) is 45.6 Å². The lowest BCUT2D eigenvalue weighted by Crippen LogP contribution is -2.04. The molecule has 0 aliphatic rings. The molecule has 0 bridgehead atoms. The fourth-order valence-corrected chi connectivity index (χ4v) is 8.07. The number of nitrogens with zero attached hydrogens (tertiary/aromatic N) is 4. The summed E-state index contributed by atoms with van der Waals surface area (Å²) in [6, 6.07) is 61.3. The normalized spacial score (nSPS) is 11.4. The predicted molar refractivity (Wildman–Crippen MR) is 214 cm³/mol. The van der Waals surface area contributed by atoms with Gasteiger partial charge in [-0.25, -0.2) is 4.85 Å². The van der Waals surface area contributed by atoms with Gasteiger partial charge < -0.3 is 9.13 Å². The van der Waals surface area contributed by atoms with Gasteiger partial charge in [0, 0.05) is 21.5 Å². The molecule has 10 rings (SSSR count). The quantitative estimate of drug-likeness (QED) is 0.173. The lowest BCUT2D eigenvalue weighted by molar-refractivity contribution is 1.12. The van der Waals surface area contributed by atoms with Crippen LogP contribution in [0.1, 0.15) is 5.56 Å². The van der Waals surface area contributed by atoms with E-state index in [1.807, 2.05) is 36.4 Å². The summed E-state index contributed by atoms with van der Waals surface area (Å²) in [4.78, 5) is 4.02. The van der Waals surface area contributed by atoms with Gasteiger partial charge in [0.15, 0.2) is 0 Å². The maximum atomic E-state index is 11.2. The van der Waals surface area contributed by atoms with Crippen LogP contribution in [0, 0.1) is 17.9 Å². The maximum absolute atomic E-state index is 11.2. The Balaban J connectivity index is 1.30. The molecule has 240 valence electrons. The third kappa shape index (κ3) is 4.32. The summed E-state index contributed by atoms with van der Waals surface area (Å²) in [7, 11) is 0. The van der Waals surface area contributed by atoms with E-state index in [2.05, 4.69) is 154 Å². The molecular formula is C48H28N4. The number of hydrogen-bond acceptors (Lipinski definition) is 1. The van der Waals surface area contributed by atoms with Crippen LogP contribution in [0.5, 0.6) is 0 Å². The molecule has 0 spiro atoms. The van der Waals surface area contributed by atoms with Crippen molar-refractivity contribution < 1.29 is 0 Å². The molecule has 0 aliphatic carbocycles. The van der Waals surface area contributed by atoms with Gasteiger partial charge in [0.2, 0.25) is 5.69 Å². The SMILES string of the molecule is [C-]#[N+]c1ccc(-n2c3ccc(-c4ccccc4)cc3c3c4ccccc4ccc32)c(C#N)c1-n1c2ccccc2c2cc(-c3ccccc3)ccc21. The predicted octanol–water partition coefficient (Wildman–Crippen LogP) is 12.8. The van der Waals surface area contributed by atoms with E-state index in [-0.39, 0.29) is 0 Å². The lowest BCUT2D eigenvalue weighted by atomic mass is 10.0. The largest absolute Gasteiger partial charge is 0.318 e. The zero-order chi connectivity index (χ0) is 34.8. The highest BCUT2D eigenvalue weighted by Gasteiger charge is 2.24. The van der Waals surface area contributed by atoms with Crippen molar-refractivity contribution in [3.05, 3.63) is 187 Å². The van der Waals surface area contributed by atoms with Crippen molar-refractivity contribution in [1.82, 2.24) is 9.13 Å². The van der Waals surface area contributed by atoms with Crippen molar-refractivity contribution in [2.75, 3.05) is 0 Å². The van der Waals surface area contributed by atoms with Crippen LogP contribution >= 0.6 is 0 Å². The Bertz CT molecular complexity index is 3130. The highest BCUT2D eigenvalue weighted by molar-refractivity contribution is 6.22. The number of rotatable bonds is 4. The molecule has 52 heavy (non-hydrogen) atoms. The van der Waals surface area contributed by atoms with Crippen LogP contribution in [0.2, 0.25) is 0 Å². The summed E-state index contributed by atoms with van der Waals surface area (Å²) in [6.45, 7) is 8.32. The van der Waals surface area contributed by atoms with Gasteiger partial charge in [-0.3, -0.25) is 0 Å². The van der Waals surface area contributed by atoms with E-state index < -0.39 is 0 Å². The maximum Gasteiger partial charge on any atom is 0.212 e. The second kappa shape index (κ2) is 11.6. The van der Waals surface area contributed by atoms with Gasteiger partial charge in [-0.2, -0.15) is 5.26 Å². The summed E-state index contributed by atoms with van der Waals surface area (Å²) in [5.41, 5.74) is 10.6. The standard InChI is InChI=1S/C48H28N4/c1-50-41-23-27-45(40(30-49)48(41)52-42-19-11-10-18-37(42)38-28-34(21-24-43(38)52)31-12-4-2-5-13-31)51-44-25-22-35(32-14-6-3-7-15-32)29-39(44)47-36-17-9-8-16-33(36)20-26-46(47)51/h2-29H. The van der Waals surface area contributed by atoms with E-state index in [0.717, 1.165) is 82.3 Å². The molecule has 0 N–H and O–H groups in total. The number of benzene rings is 8. The molecule has 0 unspecified atom stereocenters. The second-order valence-electron chi connectivity index (χ2n) is 13.1. The number of hydrogen-bond donors (Lipinski definition) is 0. The minimum atomic E-state index is 0.424. The molecule has 2 aromatic heterocycles. The smallest absolute Gasteiger partial charge is 0.212 e. The van der Waals surface area contributed by atoms with E-state index in [9.17, 15) is 5.26 Å². The highest BCUT2D eigenvalue weighted by atomic mass is 15.0. The van der Waals surface area contributed by atoms with Crippen molar-refractivity contribution in [2.45, 2.75) is 0 Å². The van der Waals surface area contributed by atoms with Crippen molar-refractivity contribution >= 4 is 60.1 Å². The van der Waals surface area contributed by atoms with Crippen LogP contribution in [0.15, 0.2) is 170 Å². The highest BCUT2D eigenvalue weighted by Crippen LogP contribution is 2.44. The summed E-state index contributed by atoms with van der Waals surface area (Å²) in [5, 5.41) is 17.9. The number of fused-ring (bicyclic) bond motifs is 8. The van der Waals surface area contributed by atoms with E-state index in [4.69, 9.17) is 6.57 Å². The molecular weight excluding hydrogens is 633 g/mol. The molecule has 0 atom stereocenters. The van der Waals surface area contributed by atoms with Gasteiger partial charge in [0.1, 0.15) is 6.07 Å². The first-order valence-corrected chi connectivity index (χ1v) is 17.3. The van der Waals surface area contributed by atoms with E-state index >= 15 is 0 Å². The second-order valence-corrected chi connectivity index (χ2v) is 13.1. The molecule has 0 aliphatic heterocycles.